The number of aromatic nitrogens is 2. The second-order valence-electron chi connectivity index (χ2n) is 2.58. The van der Waals surface area contributed by atoms with Crippen molar-refractivity contribution in [1.29, 1.82) is 0 Å². The van der Waals surface area contributed by atoms with E-state index in [9.17, 15) is 4.79 Å². The summed E-state index contributed by atoms with van der Waals surface area (Å²) in [6, 6.07) is -0.280. The van der Waals surface area contributed by atoms with Gasteiger partial charge in [-0.15, -0.1) is 0 Å². The van der Waals surface area contributed by atoms with Gasteiger partial charge >= 0.3 is 6.03 Å². The summed E-state index contributed by atoms with van der Waals surface area (Å²) in [4.78, 5) is 11.1. The number of nitrogens with two attached hydrogens (primary N) is 1. The van der Waals surface area contributed by atoms with Crippen molar-refractivity contribution in [3.63, 3.8) is 0 Å². The van der Waals surface area contributed by atoms with Gasteiger partial charge in [0.25, 0.3) is 0 Å². The van der Waals surface area contributed by atoms with Crippen LogP contribution in [0.3, 0.4) is 0 Å². The minimum absolute atomic E-state index is 0.280. The van der Waals surface area contributed by atoms with Crippen molar-refractivity contribution in [3.8, 4) is 0 Å². The molecule has 6 heteroatoms. The molecular weight excluding hydrogens is 170 g/mol. The monoisotopic (exact) mass is 183 g/mol. The van der Waals surface area contributed by atoms with Crippen molar-refractivity contribution in [3.05, 3.63) is 6.20 Å². The zero-order chi connectivity index (χ0) is 9.68. The lowest BCUT2D eigenvalue weighted by Crippen LogP contribution is -2.29. The quantitative estimate of drug-likeness (QED) is 0.550. The Hall–Kier alpha value is -1.72. The first-order chi connectivity index (χ1) is 6.24. The molecule has 0 aliphatic rings. The molecule has 72 valence electrons. The third-order valence-corrected chi connectivity index (χ3v) is 1.44. The van der Waals surface area contributed by atoms with E-state index < -0.39 is 0 Å². The lowest BCUT2D eigenvalue weighted by molar-refractivity contribution is 0.252. The maximum Gasteiger partial charge on any atom is 0.320 e. The van der Waals surface area contributed by atoms with E-state index in [1.165, 1.54) is 6.20 Å². The Balaban J connectivity index is 2.41. The molecule has 13 heavy (non-hydrogen) atoms. The van der Waals surface area contributed by atoms with Gasteiger partial charge in [0.1, 0.15) is 0 Å². The summed E-state index contributed by atoms with van der Waals surface area (Å²) in [7, 11) is 0. The van der Waals surface area contributed by atoms with E-state index in [0.29, 0.717) is 18.1 Å². The Labute approximate surface area is 75.9 Å². The van der Waals surface area contributed by atoms with Crippen molar-refractivity contribution in [2.24, 2.45) is 0 Å². The average Bonchev–Trinajstić information content (AvgIpc) is 2.48. The van der Waals surface area contributed by atoms with E-state index in [4.69, 9.17) is 5.73 Å². The molecule has 0 saturated carbocycles. The highest BCUT2D eigenvalue weighted by molar-refractivity contribution is 5.90. The fourth-order valence-corrected chi connectivity index (χ4v) is 0.792. The second-order valence-corrected chi connectivity index (χ2v) is 2.58. The number of rotatable bonds is 3. The molecule has 2 amide bonds. The number of nitrogen functional groups attached to an aromatic ring is 1. The number of amides is 2. The zero-order valence-electron chi connectivity index (χ0n) is 7.42. The van der Waals surface area contributed by atoms with Crippen LogP contribution in [0.15, 0.2) is 6.20 Å². The van der Waals surface area contributed by atoms with E-state index in [1.54, 1.807) is 0 Å². The van der Waals surface area contributed by atoms with Gasteiger partial charge in [0.2, 0.25) is 0 Å². The van der Waals surface area contributed by atoms with Gasteiger partial charge in [-0.2, -0.15) is 5.10 Å². The summed E-state index contributed by atoms with van der Waals surface area (Å²) in [5.74, 6) is 0.425. The molecule has 1 heterocycles. The molecule has 0 bridgehead atoms. The van der Waals surface area contributed by atoms with E-state index >= 15 is 0 Å². The van der Waals surface area contributed by atoms with E-state index in [-0.39, 0.29) is 6.03 Å². The van der Waals surface area contributed by atoms with Crippen LogP contribution in [0.1, 0.15) is 13.3 Å². The highest BCUT2D eigenvalue weighted by atomic mass is 16.2. The van der Waals surface area contributed by atoms with Crippen LogP contribution in [0.5, 0.6) is 0 Å². The standard InChI is InChI=1S/C7H13N5O/c1-2-3-9-7(13)11-6-5(8)4-10-12-6/h4H,2-3,8H2,1H3,(H3,9,10,11,12,13). The van der Waals surface area contributed by atoms with Crippen molar-refractivity contribution in [2.75, 3.05) is 17.6 Å². The van der Waals surface area contributed by atoms with Crippen LogP contribution in [-0.4, -0.2) is 22.8 Å². The molecule has 5 N–H and O–H groups in total. The highest BCUT2D eigenvalue weighted by Gasteiger charge is 2.04. The summed E-state index contributed by atoms with van der Waals surface area (Å²) >= 11 is 0. The van der Waals surface area contributed by atoms with Gasteiger partial charge in [-0.25, -0.2) is 4.79 Å². The SMILES string of the molecule is CCCNC(=O)Nc1[nH]ncc1N. The number of urea groups is 1. The lowest BCUT2D eigenvalue weighted by Gasteiger charge is -2.04. The molecule has 0 fully saturated rings. The average molecular weight is 183 g/mol. The van der Waals surface area contributed by atoms with Gasteiger partial charge in [0, 0.05) is 6.54 Å². The molecule has 0 spiro atoms. The van der Waals surface area contributed by atoms with Crippen LogP contribution in [0.2, 0.25) is 0 Å². The smallest absolute Gasteiger partial charge is 0.320 e. The fraction of sp³-hybridized carbons (Fsp3) is 0.429. The van der Waals surface area contributed by atoms with E-state index in [2.05, 4.69) is 20.8 Å². The van der Waals surface area contributed by atoms with Crippen LogP contribution >= 0.6 is 0 Å². The zero-order valence-corrected chi connectivity index (χ0v) is 7.42. The molecule has 0 unspecified atom stereocenters. The largest absolute Gasteiger partial charge is 0.394 e. The first kappa shape index (κ1) is 9.37. The number of hydrogen-bond donors (Lipinski definition) is 4. The normalized spacial score (nSPS) is 9.62. The first-order valence-corrected chi connectivity index (χ1v) is 4.07. The number of carbonyl (C=O) groups excluding carboxylic acids is 1. The number of nitrogens with zero attached hydrogens (tertiary/aromatic N) is 1. The molecule has 0 saturated heterocycles. The predicted octanol–water partition coefficient (Wildman–Crippen LogP) is 0.523. The van der Waals surface area contributed by atoms with Gasteiger partial charge in [0.05, 0.1) is 11.9 Å². The van der Waals surface area contributed by atoms with Crippen LogP contribution in [0, 0.1) is 0 Å². The summed E-state index contributed by atoms with van der Waals surface area (Å²) in [5, 5.41) is 11.4. The molecule has 1 aromatic heterocycles. The molecule has 0 aromatic carbocycles. The third-order valence-electron chi connectivity index (χ3n) is 1.44. The lowest BCUT2D eigenvalue weighted by atomic mass is 10.5. The van der Waals surface area contributed by atoms with Gasteiger partial charge in [-0.3, -0.25) is 10.4 Å². The molecule has 1 rings (SSSR count). The van der Waals surface area contributed by atoms with Gasteiger partial charge in [0.15, 0.2) is 5.82 Å². The van der Waals surface area contributed by atoms with Crippen molar-refractivity contribution >= 4 is 17.5 Å². The summed E-state index contributed by atoms with van der Waals surface area (Å²) in [6.45, 7) is 2.62. The molecule has 0 aliphatic heterocycles. The Morgan fingerprint density at radius 1 is 1.77 bits per heavy atom. The van der Waals surface area contributed by atoms with Crippen molar-refractivity contribution in [1.82, 2.24) is 15.5 Å². The molecule has 0 atom stereocenters. The number of H-pyrrole nitrogens is 1. The molecular formula is C7H13N5O. The van der Waals surface area contributed by atoms with Crippen LogP contribution in [-0.2, 0) is 0 Å². The Bertz CT molecular complexity index is 282. The number of nitrogens with one attached hydrogen (secondary N) is 3. The first-order valence-electron chi connectivity index (χ1n) is 4.07. The van der Waals surface area contributed by atoms with Crippen LogP contribution < -0.4 is 16.4 Å². The van der Waals surface area contributed by atoms with Gasteiger partial charge < -0.3 is 11.1 Å². The number of carbonyl (C=O) groups is 1. The Kier molecular flexibility index (Phi) is 3.13. The number of anilines is 2. The van der Waals surface area contributed by atoms with Crippen LogP contribution in [0.25, 0.3) is 0 Å². The highest BCUT2D eigenvalue weighted by Crippen LogP contribution is 2.11. The molecule has 1 aromatic rings. The predicted molar refractivity (Wildman–Crippen MR) is 50.3 cm³/mol. The Morgan fingerprint density at radius 2 is 2.54 bits per heavy atom. The minimum atomic E-state index is -0.280. The number of hydrogen-bond acceptors (Lipinski definition) is 3. The maximum atomic E-state index is 11.1. The van der Waals surface area contributed by atoms with Gasteiger partial charge in [-0.1, -0.05) is 6.92 Å². The minimum Gasteiger partial charge on any atom is -0.394 e. The van der Waals surface area contributed by atoms with Crippen molar-refractivity contribution < 1.29 is 4.79 Å². The maximum absolute atomic E-state index is 11.1. The van der Waals surface area contributed by atoms with E-state index in [1.807, 2.05) is 6.92 Å². The summed E-state index contributed by atoms with van der Waals surface area (Å²) in [5.41, 5.74) is 5.90. The van der Waals surface area contributed by atoms with E-state index in [0.717, 1.165) is 6.42 Å². The molecule has 0 aliphatic carbocycles. The Morgan fingerprint density at radius 3 is 3.08 bits per heavy atom. The topological polar surface area (TPSA) is 95.8 Å². The molecule has 0 radical (unpaired) electrons. The summed E-state index contributed by atoms with van der Waals surface area (Å²) < 4.78 is 0. The number of aromatic amines is 1. The van der Waals surface area contributed by atoms with Gasteiger partial charge in [-0.05, 0) is 6.42 Å². The summed E-state index contributed by atoms with van der Waals surface area (Å²) in [6.07, 6.45) is 2.33. The van der Waals surface area contributed by atoms with Crippen LogP contribution in [0.4, 0.5) is 16.3 Å². The third kappa shape index (κ3) is 2.66. The fourth-order valence-electron chi connectivity index (χ4n) is 0.792. The van der Waals surface area contributed by atoms with Crippen molar-refractivity contribution in [2.45, 2.75) is 13.3 Å². The molecule has 6 nitrogen and oxygen atoms in total. The second kappa shape index (κ2) is 4.34.